The van der Waals surface area contributed by atoms with Crippen LogP contribution in [0, 0.1) is 5.95 Å². The van der Waals surface area contributed by atoms with E-state index in [0.717, 1.165) is 0 Å². The lowest BCUT2D eigenvalue weighted by Crippen LogP contribution is -2.27. The Hall–Kier alpha value is -4.55. The molecule has 1 amide bonds. The van der Waals surface area contributed by atoms with Gasteiger partial charge in [0.1, 0.15) is 6.61 Å². The molecule has 44 heavy (non-hydrogen) atoms. The van der Waals surface area contributed by atoms with Crippen molar-refractivity contribution in [1.29, 1.82) is 0 Å². The molecular weight excluding hydrogens is 578 g/mol. The molecule has 232 valence electrons. The van der Waals surface area contributed by atoms with Crippen LogP contribution in [0.1, 0.15) is 29.5 Å². The number of H-pyrrole nitrogens is 1. The maximum atomic E-state index is 14.4. The highest BCUT2D eigenvalue weighted by molar-refractivity contribution is 6.00. The smallest absolute Gasteiger partial charge is 0.393 e. The number of fused-ring (bicyclic) bond motifs is 1. The number of hydrogen-bond donors (Lipinski definition) is 3. The van der Waals surface area contributed by atoms with Crippen LogP contribution in [-0.4, -0.2) is 77.2 Å². The minimum atomic E-state index is -4.51. The van der Waals surface area contributed by atoms with Crippen LogP contribution in [0.2, 0.25) is 0 Å². The average molecular weight is 612 g/mol. The standard InChI is InChI=1S/C32H33F4N5O3/c1-41(16-17-42)29(43)9-5-6-14-37-15-18-44-28-13-11-24(21-38-28)30(23-10-12-27-25(19-23)31(33)40-39-27)26(20-32(34,35)36)22-7-3-2-4-8-22/h2-5,7-13,19,21,37,42H,6,14-18,20H2,1H3,(H,39,40)/b9-5+,30-26-. The Labute approximate surface area is 252 Å². The first-order valence-electron chi connectivity index (χ1n) is 14.0. The van der Waals surface area contributed by atoms with E-state index in [-0.39, 0.29) is 42.2 Å². The molecular formula is C32H33F4N5O3. The lowest BCUT2D eigenvalue weighted by Gasteiger charge is -2.19. The number of halogens is 4. The molecule has 0 bridgehead atoms. The molecule has 12 heteroatoms. The molecule has 0 fully saturated rings. The van der Waals surface area contributed by atoms with Crippen molar-refractivity contribution in [3.8, 4) is 5.88 Å². The summed E-state index contributed by atoms with van der Waals surface area (Å²) in [4.78, 5) is 17.6. The fourth-order valence-corrected chi connectivity index (χ4v) is 4.55. The molecule has 0 atom stereocenters. The first-order valence-corrected chi connectivity index (χ1v) is 14.0. The van der Waals surface area contributed by atoms with Gasteiger partial charge in [-0.1, -0.05) is 42.5 Å². The van der Waals surface area contributed by atoms with E-state index in [4.69, 9.17) is 9.84 Å². The minimum absolute atomic E-state index is 0.0248. The van der Waals surface area contributed by atoms with E-state index in [1.54, 1.807) is 67.7 Å². The summed E-state index contributed by atoms with van der Waals surface area (Å²) in [6, 6.07) is 16.2. The largest absolute Gasteiger partial charge is 0.476 e. The summed E-state index contributed by atoms with van der Waals surface area (Å²) < 4.78 is 61.8. The van der Waals surface area contributed by atoms with Gasteiger partial charge in [-0.15, -0.1) is 0 Å². The summed E-state index contributed by atoms with van der Waals surface area (Å²) >= 11 is 0. The number of likely N-dealkylation sites (N-methyl/N-ethyl adjacent to an activating group) is 1. The Balaban J connectivity index is 1.49. The molecule has 2 aromatic heterocycles. The number of aromatic amines is 1. The van der Waals surface area contributed by atoms with E-state index in [9.17, 15) is 22.4 Å². The number of amides is 1. The van der Waals surface area contributed by atoms with Gasteiger partial charge in [0, 0.05) is 38.0 Å². The topological polar surface area (TPSA) is 103 Å². The highest BCUT2D eigenvalue weighted by atomic mass is 19.4. The van der Waals surface area contributed by atoms with Gasteiger partial charge < -0.3 is 20.1 Å². The number of benzene rings is 2. The molecule has 0 saturated carbocycles. The number of alkyl halides is 3. The number of ether oxygens (including phenoxy) is 1. The molecule has 2 aromatic carbocycles. The predicted molar refractivity (Wildman–Crippen MR) is 160 cm³/mol. The van der Waals surface area contributed by atoms with Crippen molar-refractivity contribution in [2.24, 2.45) is 0 Å². The van der Waals surface area contributed by atoms with Crippen molar-refractivity contribution in [3.05, 3.63) is 102 Å². The van der Waals surface area contributed by atoms with Crippen LogP contribution in [0.3, 0.4) is 0 Å². The van der Waals surface area contributed by atoms with Gasteiger partial charge in [0.25, 0.3) is 0 Å². The summed E-state index contributed by atoms with van der Waals surface area (Å²) in [5.74, 6) is -0.567. The quantitative estimate of drug-likeness (QED) is 0.0767. The summed E-state index contributed by atoms with van der Waals surface area (Å²) in [7, 11) is 1.61. The number of pyridine rings is 1. The first kappa shape index (κ1) is 32.4. The molecule has 0 aliphatic heterocycles. The summed E-state index contributed by atoms with van der Waals surface area (Å²) in [5.41, 5.74) is 1.83. The van der Waals surface area contributed by atoms with Gasteiger partial charge in [-0.25, -0.2) is 4.98 Å². The third kappa shape index (κ3) is 8.98. The van der Waals surface area contributed by atoms with Gasteiger partial charge >= 0.3 is 6.18 Å². The van der Waals surface area contributed by atoms with Crippen molar-refractivity contribution in [2.45, 2.75) is 19.0 Å². The zero-order chi connectivity index (χ0) is 31.5. The monoisotopic (exact) mass is 611 g/mol. The van der Waals surface area contributed by atoms with Gasteiger partial charge in [-0.2, -0.15) is 22.7 Å². The first-order chi connectivity index (χ1) is 21.2. The number of aromatic nitrogens is 3. The summed E-state index contributed by atoms with van der Waals surface area (Å²) in [6.45, 7) is 1.58. The van der Waals surface area contributed by atoms with E-state index < -0.39 is 18.5 Å². The van der Waals surface area contributed by atoms with Gasteiger partial charge in [0.15, 0.2) is 0 Å². The molecule has 0 unspecified atom stereocenters. The molecule has 4 aromatic rings. The molecule has 3 N–H and O–H groups in total. The van der Waals surface area contributed by atoms with Crippen LogP contribution in [0.15, 0.2) is 79.0 Å². The Kier molecular flexibility index (Phi) is 11.2. The maximum Gasteiger partial charge on any atom is 0.393 e. The van der Waals surface area contributed by atoms with Crippen molar-refractivity contribution in [2.75, 3.05) is 39.9 Å². The number of allylic oxidation sites excluding steroid dienone is 1. The fourth-order valence-electron chi connectivity index (χ4n) is 4.55. The second-order valence-electron chi connectivity index (χ2n) is 9.94. The highest BCUT2D eigenvalue weighted by Gasteiger charge is 2.31. The van der Waals surface area contributed by atoms with Crippen molar-refractivity contribution >= 4 is 28.0 Å². The maximum absolute atomic E-state index is 14.4. The Bertz CT molecular complexity index is 1590. The molecule has 0 spiro atoms. The molecule has 2 heterocycles. The van der Waals surface area contributed by atoms with Crippen LogP contribution < -0.4 is 10.1 Å². The summed E-state index contributed by atoms with van der Waals surface area (Å²) in [5, 5.41) is 18.4. The van der Waals surface area contributed by atoms with Crippen molar-refractivity contribution in [3.63, 3.8) is 0 Å². The van der Waals surface area contributed by atoms with Gasteiger partial charge in [-0.05, 0) is 59.5 Å². The zero-order valence-electron chi connectivity index (χ0n) is 24.1. The Morgan fingerprint density at radius 1 is 1.07 bits per heavy atom. The van der Waals surface area contributed by atoms with Crippen LogP contribution in [0.4, 0.5) is 17.6 Å². The number of rotatable bonds is 14. The molecule has 0 aliphatic rings. The molecule has 0 aliphatic carbocycles. The minimum Gasteiger partial charge on any atom is -0.476 e. The lowest BCUT2D eigenvalue weighted by atomic mass is 9.88. The summed E-state index contributed by atoms with van der Waals surface area (Å²) in [6.07, 6.45) is -0.433. The Morgan fingerprint density at radius 2 is 1.84 bits per heavy atom. The van der Waals surface area contributed by atoms with Crippen LogP contribution in [-0.2, 0) is 4.79 Å². The SMILES string of the molecule is CN(CCO)C(=O)/C=C/CCNCCOc1ccc(/C(=C(/CC(F)(F)F)c2ccccc2)c2ccc3n[nH]c(F)c3c2)cn1. The van der Waals surface area contributed by atoms with E-state index >= 15 is 0 Å². The highest BCUT2D eigenvalue weighted by Crippen LogP contribution is 2.40. The number of hydrogen-bond acceptors (Lipinski definition) is 6. The number of aliphatic hydroxyl groups excluding tert-OH is 1. The number of aliphatic hydroxyl groups is 1. The Morgan fingerprint density at radius 3 is 2.55 bits per heavy atom. The third-order valence-corrected chi connectivity index (χ3v) is 6.71. The van der Waals surface area contributed by atoms with Gasteiger partial charge in [0.05, 0.1) is 23.9 Å². The third-order valence-electron chi connectivity index (χ3n) is 6.71. The average Bonchev–Trinajstić information content (AvgIpc) is 3.38. The van der Waals surface area contributed by atoms with Crippen molar-refractivity contribution in [1.82, 2.24) is 25.4 Å². The van der Waals surface area contributed by atoms with Crippen LogP contribution in [0.5, 0.6) is 5.88 Å². The second kappa shape index (κ2) is 15.3. The van der Waals surface area contributed by atoms with Gasteiger partial charge in [0.2, 0.25) is 17.7 Å². The van der Waals surface area contributed by atoms with E-state index in [1.165, 1.54) is 23.2 Å². The number of nitrogens with one attached hydrogen (secondary N) is 2. The molecule has 4 rings (SSSR count). The molecule has 8 nitrogen and oxygen atoms in total. The van der Waals surface area contributed by atoms with E-state index in [0.29, 0.717) is 47.6 Å². The van der Waals surface area contributed by atoms with Crippen molar-refractivity contribution < 1.29 is 32.2 Å². The number of nitrogens with zero attached hydrogens (tertiary/aromatic N) is 3. The van der Waals surface area contributed by atoms with Crippen LogP contribution >= 0.6 is 0 Å². The zero-order valence-corrected chi connectivity index (χ0v) is 24.1. The normalized spacial score (nSPS) is 12.5. The van der Waals surface area contributed by atoms with E-state index in [1.807, 2.05) is 0 Å². The fraction of sp³-hybridized carbons (Fsp3) is 0.281. The van der Waals surface area contributed by atoms with Gasteiger partial charge in [-0.3, -0.25) is 9.89 Å². The number of carbonyl (C=O) groups is 1. The number of carbonyl (C=O) groups excluding carboxylic acids is 1. The molecule has 0 saturated heterocycles. The second-order valence-corrected chi connectivity index (χ2v) is 9.94. The molecule has 0 radical (unpaired) electrons. The van der Waals surface area contributed by atoms with E-state index in [2.05, 4.69) is 20.5 Å². The lowest BCUT2D eigenvalue weighted by molar-refractivity contribution is -0.125. The predicted octanol–water partition coefficient (Wildman–Crippen LogP) is 5.37. The van der Waals surface area contributed by atoms with Crippen LogP contribution in [0.25, 0.3) is 22.0 Å².